The van der Waals surface area contributed by atoms with Crippen LogP contribution in [0, 0.1) is 0 Å². The van der Waals surface area contributed by atoms with Gasteiger partial charge in [-0.15, -0.1) is 0 Å². The first-order chi connectivity index (χ1) is 13.9. The summed E-state index contributed by atoms with van der Waals surface area (Å²) in [6.07, 6.45) is 2.09. The summed E-state index contributed by atoms with van der Waals surface area (Å²) < 4.78 is 0. The number of amides is 1. The molecule has 0 aromatic heterocycles. The van der Waals surface area contributed by atoms with E-state index < -0.39 is 5.60 Å². The molecule has 1 saturated heterocycles. The van der Waals surface area contributed by atoms with Crippen LogP contribution in [0.1, 0.15) is 24.8 Å². The molecule has 2 aliphatic heterocycles. The van der Waals surface area contributed by atoms with Crippen LogP contribution in [0.2, 0.25) is 15.1 Å². The van der Waals surface area contributed by atoms with Crippen molar-refractivity contribution in [2.75, 3.05) is 18.0 Å². The van der Waals surface area contributed by atoms with Crippen molar-refractivity contribution < 1.29 is 9.63 Å². The fraction of sp³-hybridized carbons (Fsp3) is 0.333. The number of rotatable bonds is 4. The van der Waals surface area contributed by atoms with Crippen LogP contribution in [0.15, 0.2) is 47.6 Å². The zero-order valence-electron chi connectivity index (χ0n) is 15.6. The molecule has 0 saturated carbocycles. The topological polar surface area (TPSA) is 53.9 Å². The normalized spacial score (nSPS) is 17.8. The van der Waals surface area contributed by atoms with Gasteiger partial charge in [-0.1, -0.05) is 52.1 Å². The average Bonchev–Trinajstić information content (AvgIpc) is 3.14. The molecule has 4 rings (SSSR count). The van der Waals surface area contributed by atoms with Crippen LogP contribution in [0.3, 0.4) is 0 Å². The van der Waals surface area contributed by atoms with Crippen molar-refractivity contribution in [3.05, 3.63) is 63.1 Å². The highest BCUT2D eigenvalue weighted by atomic mass is 35.5. The zero-order chi connectivity index (χ0) is 20.4. The maximum absolute atomic E-state index is 12.5. The minimum atomic E-state index is -0.403. The molecule has 29 heavy (non-hydrogen) atoms. The lowest BCUT2D eigenvalue weighted by atomic mass is 9.86. The van der Waals surface area contributed by atoms with Gasteiger partial charge in [-0.05, 0) is 35.9 Å². The molecule has 8 heteroatoms. The first-order valence-electron chi connectivity index (χ1n) is 9.42. The van der Waals surface area contributed by atoms with Crippen LogP contribution in [0.25, 0.3) is 0 Å². The molecular weight excluding hydrogens is 433 g/mol. The standard InChI is InChI=1S/C21H20Cl3N3O2/c22-15-3-1-14(2-4-15)13-25-20(28)19-12-21(29-26-19)7-9-27(10-8-21)16-5-6-17(23)18(24)11-16/h1-6,11H,7-10,12-13H2,(H,25,28). The molecule has 1 N–H and O–H groups in total. The van der Waals surface area contributed by atoms with Gasteiger partial charge >= 0.3 is 0 Å². The van der Waals surface area contributed by atoms with Gasteiger partial charge in [0.1, 0.15) is 11.3 Å². The minimum absolute atomic E-state index is 0.191. The first kappa shape index (κ1) is 20.3. The highest BCUT2D eigenvalue weighted by Gasteiger charge is 2.43. The second-order valence-corrected chi connectivity index (χ2v) is 8.63. The predicted molar refractivity (Wildman–Crippen MR) is 117 cm³/mol. The average molecular weight is 453 g/mol. The first-order valence-corrected chi connectivity index (χ1v) is 10.6. The Morgan fingerprint density at radius 1 is 1.07 bits per heavy atom. The zero-order valence-corrected chi connectivity index (χ0v) is 17.9. The summed E-state index contributed by atoms with van der Waals surface area (Å²) >= 11 is 18.0. The van der Waals surface area contributed by atoms with Crippen molar-refractivity contribution in [2.45, 2.75) is 31.4 Å². The monoisotopic (exact) mass is 451 g/mol. The van der Waals surface area contributed by atoms with E-state index in [1.165, 1.54) is 0 Å². The summed E-state index contributed by atoms with van der Waals surface area (Å²) in [6.45, 7) is 2.02. The third-order valence-electron chi connectivity index (χ3n) is 5.41. The Morgan fingerprint density at radius 2 is 1.79 bits per heavy atom. The Bertz CT molecular complexity index is 939. The summed E-state index contributed by atoms with van der Waals surface area (Å²) in [6, 6.07) is 13.0. The Kier molecular flexibility index (Phi) is 5.91. The molecule has 0 radical (unpaired) electrons. The number of oxime groups is 1. The maximum atomic E-state index is 12.5. The number of benzene rings is 2. The fourth-order valence-corrected chi connectivity index (χ4v) is 4.07. The molecule has 0 atom stereocenters. The van der Waals surface area contributed by atoms with E-state index in [9.17, 15) is 4.79 Å². The number of hydrogen-bond donors (Lipinski definition) is 1. The van der Waals surface area contributed by atoms with E-state index >= 15 is 0 Å². The number of nitrogens with one attached hydrogen (secondary N) is 1. The van der Waals surface area contributed by atoms with Crippen molar-refractivity contribution in [3.63, 3.8) is 0 Å². The van der Waals surface area contributed by atoms with E-state index in [2.05, 4.69) is 15.4 Å². The minimum Gasteiger partial charge on any atom is -0.388 e. The summed E-state index contributed by atoms with van der Waals surface area (Å²) in [7, 11) is 0. The van der Waals surface area contributed by atoms with Crippen molar-refractivity contribution >= 4 is 52.1 Å². The Hall–Kier alpha value is -1.95. The molecule has 1 fully saturated rings. The largest absolute Gasteiger partial charge is 0.388 e. The van der Waals surface area contributed by atoms with E-state index in [0.29, 0.717) is 33.7 Å². The van der Waals surface area contributed by atoms with Crippen LogP contribution >= 0.6 is 34.8 Å². The molecule has 2 aromatic rings. The van der Waals surface area contributed by atoms with Gasteiger partial charge in [0.25, 0.3) is 5.91 Å². The van der Waals surface area contributed by atoms with Gasteiger partial charge in [0.05, 0.1) is 10.0 Å². The molecule has 0 aliphatic carbocycles. The Labute approximate surface area is 184 Å². The van der Waals surface area contributed by atoms with Crippen LogP contribution in [-0.2, 0) is 16.2 Å². The number of nitrogens with zero attached hydrogens (tertiary/aromatic N) is 2. The van der Waals surface area contributed by atoms with E-state index in [1.807, 2.05) is 30.3 Å². The van der Waals surface area contributed by atoms with Crippen LogP contribution in [0.4, 0.5) is 5.69 Å². The Morgan fingerprint density at radius 3 is 2.48 bits per heavy atom. The van der Waals surface area contributed by atoms with Crippen molar-refractivity contribution in [1.29, 1.82) is 0 Å². The second kappa shape index (κ2) is 8.42. The SMILES string of the molecule is O=C(NCc1ccc(Cl)cc1)C1=NOC2(CCN(c3ccc(Cl)c(Cl)c3)CC2)C1. The van der Waals surface area contributed by atoms with Crippen LogP contribution < -0.4 is 10.2 Å². The van der Waals surface area contributed by atoms with E-state index in [1.54, 1.807) is 12.1 Å². The number of hydrogen-bond acceptors (Lipinski definition) is 4. The molecule has 2 aromatic carbocycles. The highest BCUT2D eigenvalue weighted by Crippen LogP contribution is 2.37. The van der Waals surface area contributed by atoms with Crippen molar-refractivity contribution in [2.24, 2.45) is 5.16 Å². The number of anilines is 1. The molecule has 152 valence electrons. The summed E-state index contributed by atoms with van der Waals surface area (Å²) in [5.41, 5.74) is 2.06. The van der Waals surface area contributed by atoms with E-state index in [4.69, 9.17) is 39.6 Å². The quantitative estimate of drug-likeness (QED) is 0.704. The van der Waals surface area contributed by atoms with Gasteiger partial charge in [0.2, 0.25) is 0 Å². The van der Waals surface area contributed by atoms with Crippen molar-refractivity contribution in [3.8, 4) is 0 Å². The maximum Gasteiger partial charge on any atom is 0.269 e. The molecule has 0 bridgehead atoms. The molecule has 0 unspecified atom stereocenters. The molecule has 2 aliphatic rings. The second-order valence-electron chi connectivity index (χ2n) is 7.38. The fourth-order valence-electron chi connectivity index (χ4n) is 3.65. The van der Waals surface area contributed by atoms with Gasteiger partial charge in [-0.3, -0.25) is 4.79 Å². The van der Waals surface area contributed by atoms with Gasteiger partial charge in [-0.25, -0.2) is 0 Å². The number of halogens is 3. The molecule has 1 amide bonds. The molecule has 2 heterocycles. The van der Waals surface area contributed by atoms with Gasteiger partial charge in [0, 0.05) is 49.6 Å². The van der Waals surface area contributed by atoms with Gasteiger partial charge in [0.15, 0.2) is 0 Å². The Balaban J connectivity index is 1.30. The summed E-state index contributed by atoms with van der Waals surface area (Å²) in [5.74, 6) is -0.191. The van der Waals surface area contributed by atoms with Gasteiger partial charge in [-0.2, -0.15) is 0 Å². The molecule has 5 nitrogen and oxygen atoms in total. The molecular formula is C21H20Cl3N3O2. The third-order valence-corrected chi connectivity index (χ3v) is 6.40. The van der Waals surface area contributed by atoms with Crippen LogP contribution in [-0.4, -0.2) is 30.3 Å². The van der Waals surface area contributed by atoms with E-state index in [-0.39, 0.29) is 5.91 Å². The van der Waals surface area contributed by atoms with E-state index in [0.717, 1.165) is 37.2 Å². The third kappa shape index (κ3) is 4.63. The lowest BCUT2D eigenvalue weighted by molar-refractivity contribution is -0.115. The van der Waals surface area contributed by atoms with Crippen molar-refractivity contribution in [1.82, 2.24) is 5.32 Å². The van der Waals surface area contributed by atoms with Gasteiger partial charge < -0.3 is 15.1 Å². The summed E-state index contributed by atoms with van der Waals surface area (Å²) in [5, 5.41) is 8.75. The highest BCUT2D eigenvalue weighted by molar-refractivity contribution is 6.42. The number of carbonyl (C=O) groups is 1. The number of carbonyl (C=O) groups excluding carboxylic acids is 1. The number of piperidine rings is 1. The summed E-state index contributed by atoms with van der Waals surface area (Å²) in [4.78, 5) is 20.5. The smallest absolute Gasteiger partial charge is 0.269 e. The van der Waals surface area contributed by atoms with Crippen LogP contribution in [0.5, 0.6) is 0 Å². The lowest BCUT2D eigenvalue weighted by Crippen LogP contribution is -2.45. The molecule has 1 spiro atoms. The lowest BCUT2D eigenvalue weighted by Gasteiger charge is -2.38. The predicted octanol–water partition coefficient (Wildman–Crippen LogP) is 5.08.